The molecule has 1 aromatic carbocycles. The first-order valence-electron chi connectivity index (χ1n) is 10.9. The van der Waals surface area contributed by atoms with E-state index in [2.05, 4.69) is 53.9 Å². The van der Waals surface area contributed by atoms with E-state index in [9.17, 15) is 13.2 Å². The summed E-state index contributed by atoms with van der Waals surface area (Å²) in [5.41, 5.74) is 4.93. The molecule has 2 rings (SSSR count). The van der Waals surface area contributed by atoms with Crippen LogP contribution in [0.25, 0.3) is 5.57 Å². The standard InChI is InChI=1S/C24H35N3O4S/c1-24(23(28)25-29,32(4,30)31)15-19-27-17-13-22(14-18-27)21-11-9-20(10-12-21)8-6-5-7-16-26(2)3/h9-13,29H,5,7,14-19H2,1-4H3,(H,25,28). The van der Waals surface area contributed by atoms with Crippen molar-refractivity contribution in [3.8, 4) is 11.8 Å². The van der Waals surface area contributed by atoms with Gasteiger partial charge in [-0.15, -0.1) is 0 Å². The van der Waals surface area contributed by atoms with Gasteiger partial charge in [0.15, 0.2) is 14.6 Å². The summed E-state index contributed by atoms with van der Waals surface area (Å²) in [5, 5.41) is 8.95. The molecular weight excluding hydrogens is 426 g/mol. The summed E-state index contributed by atoms with van der Waals surface area (Å²) in [6.45, 7) is 4.30. The average Bonchev–Trinajstić information content (AvgIpc) is 2.76. The molecule has 0 aromatic heterocycles. The second-order valence-corrected chi connectivity index (χ2v) is 11.2. The SMILES string of the molecule is CN(C)CCCC#Cc1ccc(C2=CCN(CCC(C)(C(=O)NO)S(C)(=O)=O)CC2)cc1. The van der Waals surface area contributed by atoms with Crippen LogP contribution in [0.1, 0.15) is 43.7 Å². The first kappa shape index (κ1) is 26.1. The number of carbonyl (C=O) groups excluding carboxylic acids is 1. The summed E-state index contributed by atoms with van der Waals surface area (Å²) < 4.78 is 22.5. The van der Waals surface area contributed by atoms with Crippen molar-refractivity contribution in [1.29, 1.82) is 0 Å². The molecule has 1 amide bonds. The van der Waals surface area contributed by atoms with Crippen LogP contribution in [-0.4, -0.2) is 80.6 Å². The van der Waals surface area contributed by atoms with Crippen molar-refractivity contribution in [3.05, 3.63) is 41.5 Å². The predicted octanol–water partition coefficient (Wildman–Crippen LogP) is 2.17. The summed E-state index contributed by atoms with van der Waals surface area (Å²) in [4.78, 5) is 16.2. The number of sulfone groups is 1. The van der Waals surface area contributed by atoms with Gasteiger partial charge in [0.1, 0.15) is 0 Å². The van der Waals surface area contributed by atoms with Gasteiger partial charge in [0.2, 0.25) is 0 Å². The average molecular weight is 462 g/mol. The molecule has 1 aliphatic rings. The van der Waals surface area contributed by atoms with Gasteiger partial charge < -0.3 is 4.90 Å². The van der Waals surface area contributed by atoms with Crippen molar-refractivity contribution in [2.75, 3.05) is 46.5 Å². The number of amides is 1. The minimum absolute atomic E-state index is 0.114. The number of hydrogen-bond acceptors (Lipinski definition) is 6. The van der Waals surface area contributed by atoms with Gasteiger partial charge in [0.25, 0.3) is 5.91 Å². The third kappa shape index (κ3) is 7.17. The van der Waals surface area contributed by atoms with E-state index in [1.54, 1.807) is 0 Å². The second-order valence-electron chi connectivity index (χ2n) is 8.76. The highest BCUT2D eigenvalue weighted by atomic mass is 32.2. The van der Waals surface area contributed by atoms with Crippen LogP contribution in [0.15, 0.2) is 30.3 Å². The first-order chi connectivity index (χ1) is 15.1. The minimum atomic E-state index is -3.68. The summed E-state index contributed by atoms with van der Waals surface area (Å²) in [6.07, 6.45) is 6.08. The van der Waals surface area contributed by atoms with Crippen LogP contribution in [0.5, 0.6) is 0 Å². The van der Waals surface area contributed by atoms with Crippen LogP contribution < -0.4 is 5.48 Å². The summed E-state index contributed by atoms with van der Waals surface area (Å²) in [6, 6.07) is 8.29. The molecule has 1 aliphatic heterocycles. The number of hydroxylamine groups is 1. The molecule has 0 fully saturated rings. The molecule has 1 aromatic rings. The zero-order valence-corrected chi connectivity index (χ0v) is 20.3. The highest BCUT2D eigenvalue weighted by Gasteiger charge is 2.43. The van der Waals surface area contributed by atoms with E-state index in [0.29, 0.717) is 13.1 Å². The van der Waals surface area contributed by atoms with Gasteiger partial charge in [-0.2, -0.15) is 0 Å². The van der Waals surface area contributed by atoms with E-state index in [1.165, 1.54) is 23.5 Å². The lowest BCUT2D eigenvalue weighted by Crippen LogP contribution is -2.51. The lowest BCUT2D eigenvalue weighted by atomic mass is 9.98. The molecule has 0 aliphatic carbocycles. The Hall–Kier alpha value is -2.18. The van der Waals surface area contributed by atoms with Gasteiger partial charge in [-0.3, -0.25) is 14.9 Å². The van der Waals surface area contributed by atoms with E-state index in [1.807, 2.05) is 12.1 Å². The number of hydrogen-bond donors (Lipinski definition) is 2. The normalized spacial score (nSPS) is 16.6. The fourth-order valence-corrected chi connectivity index (χ4v) is 4.39. The van der Waals surface area contributed by atoms with Crippen molar-refractivity contribution in [2.45, 2.75) is 37.4 Å². The Kier molecular flexibility index (Phi) is 9.47. The van der Waals surface area contributed by atoms with Crippen LogP contribution in [0, 0.1) is 11.8 Å². The fraction of sp³-hybridized carbons (Fsp3) is 0.542. The van der Waals surface area contributed by atoms with Crippen molar-refractivity contribution < 1.29 is 18.4 Å². The molecule has 7 nitrogen and oxygen atoms in total. The zero-order valence-electron chi connectivity index (χ0n) is 19.5. The number of unbranched alkanes of at least 4 members (excludes halogenated alkanes) is 1. The van der Waals surface area contributed by atoms with E-state index in [4.69, 9.17) is 5.21 Å². The summed E-state index contributed by atoms with van der Waals surface area (Å²) in [5.74, 6) is 5.55. The third-order valence-corrected chi connectivity index (χ3v) is 8.02. The molecule has 0 bridgehead atoms. The molecule has 0 saturated carbocycles. The van der Waals surface area contributed by atoms with Gasteiger partial charge in [-0.25, -0.2) is 13.9 Å². The van der Waals surface area contributed by atoms with Gasteiger partial charge >= 0.3 is 0 Å². The monoisotopic (exact) mass is 461 g/mol. The fourth-order valence-electron chi connectivity index (χ4n) is 3.55. The number of carbonyl (C=O) groups is 1. The first-order valence-corrected chi connectivity index (χ1v) is 12.8. The van der Waals surface area contributed by atoms with Crippen molar-refractivity contribution in [1.82, 2.24) is 15.3 Å². The van der Waals surface area contributed by atoms with Crippen molar-refractivity contribution in [3.63, 3.8) is 0 Å². The molecule has 0 spiro atoms. The zero-order chi connectivity index (χ0) is 23.8. The molecule has 0 radical (unpaired) electrons. The molecule has 1 atom stereocenters. The molecule has 0 saturated heterocycles. The molecule has 2 N–H and O–H groups in total. The number of nitrogens with zero attached hydrogens (tertiary/aromatic N) is 2. The van der Waals surface area contributed by atoms with Crippen LogP contribution in [-0.2, 0) is 14.6 Å². The Morgan fingerprint density at radius 2 is 1.97 bits per heavy atom. The number of rotatable bonds is 9. The topological polar surface area (TPSA) is 89.9 Å². The minimum Gasteiger partial charge on any atom is -0.309 e. The molecule has 176 valence electrons. The van der Waals surface area contributed by atoms with E-state index < -0.39 is 20.5 Å². The Bertz CT molecular complexity index is 975. The van der Waals surface area contributed by atoms with Crippen LogP contribution in [0.2, 0.25) is 0 Å². The van der Waals surface area contributed by atoms with Crippen LogP contribution in [0.4, 0.5) is 0 Å². The Morgan fingerprint density at radius 3 is 2.50 bits per heavy atom. The number of nitrogens with one attached hydrogen (secondary N) is 1. The molecular formula is C24H35N3O4S. The Morgan fingerprint density at radius 1 is 1.28 bits per heavy atom. The summed E-state index contributed by atoms with van der Waals surface area (Å²) >= 11 is 0. The second kappa shape index (κ2) is 11.6. The largest absolute Gasteiger partial charge is 0.309 e. The molecule has 1 unspecified atom stereocenters. The molecule has 32 heavy (non-hydrogen) atoms. The van der Waals surface area contributed by atoms with E-state index >= 15 is 0 Å². The molecule has 1 heterocycles. The Balaban J connectivity index is 1.92. The third-order valence-electron chi connectivity index (χ3n) is 5.99. The van der Waals surface area contributed by atoms with Crippen LogP contribution >= 0.6 is 0 Å². The van der Waals surface area contributed by atoms with Crippen molar-refractivity contribution >= 4 is 21.3 Å². The number of benzene rings is 1. The summed E-state index contributed by atoms with van der Waals surface area (Å²) in [7, 11) is 0.450. The van der Waals surface area contributed by atoms with E-state index in [-0.39, 0.29) is 6.42 Å². The highest BCUT2D eigenvalue weighted by molar-refractivity contribution is 7.92. The maximum atomic E-state index is 12.1. The maximum absolute atomic E-state index is 12.1. The molecule has 8 heteroatoms. The van der Waals surface area contributed by atoms with Gasteiger partial charge in [0, 0.05) is 37.9 Å². The highest BCUT2D eigenvalue weighted by Crippen LogP contribution is 2.25. The Labute approximate surface area is 192 Å². The van der Waals surface area contributed by atoms with Gasteiger partial charge in [0.05, 0.1) is 0 Å². The lowest BCUT2D eigenvalue weighted by molar-refractivity contribution is -0.131. The van der Waals surface area contributed by atoms with Crippen LogP contribution in [0.3, 0.4) is 0 Å². The van der Waals surface area contributed by atoms with Gasteiger partial charge in [-0.05, 0) is 70.1 Å². The van der Waals surface area contributed by atoms with E-state index in [0.717, 1.165) is 44.2 Å². The predicted molar refractivity (Wildman–Crippen MR) is 128 cm³/mol. The van der Waals surface area contributed by atoms with Gasteiger partial charge in [-0.1, -0.05) is 30.0 Å². The quantitative estimate of drug-likeness (QED) is 0.254. The van der Waals surface area contributed by atoms with Crippen molar-refractivity contribution in [2.24, 2.45) is 0 Å². The maximum Gasteiger partial charge on any atom is 0.264 e. The lowest BCUT2D eigenvalue weighted by Gasteiger charge is -2.31. The smallest absolute Gasteiger partial charge is 0.264 e.